The monoisotopic (exact) mass is 890 g/mol. The maximum Gasteiger partial charge on any atom is 0.305 e. The molecule has 1 fully saturated rings. The molecule has 7 atom stereocenters. The molecule has 1 aliphatic rings. The third-order valence-corrected chi connectivity index (χ3v) is 11.4. The molecule has 0 radical (unpaired) electrons. The van der Waals surface area contributed by atoms with Crippen LogP contribution >= 0.6 is 0 Å². The minimum atomic E-state index is -1.59. The number of aliphatic hydroxyl groups excluding tert-OH is 5. The standard InChI is InChI=1S/C52H91NO10/c1-3-5-7-9-11-13-14-15-16-20-24-28-32-36-40-48(57)61-41-37-33-29-25-21-18-17-19-23-27-31-35-39-47(56)53-44(45(55)38-34-30-26-22-12-10-8-6-4-2)43-62-52-51(60)50(59)49(58)46(42-54)63-52/h4,6,12,14-15,18,21-22,34,38,44-46,49-52,54-55,58-60H,3,5,7-11,13,16-17,19-20,23-33,35-37,39-43H2,1-2H3,(H,53,56)/b6-4+,15-14-,21-18-,22-12+,38-34+. The average Bonchev–Trinajstić information content (AvgIpc) is 3.28. The van der Waals surface area contributed by atoms with Gasteiger partial charge in [0, 0.05) is 12.8 Å². The highest BCUT2D eigenvalue weighted by Crippen LogP contribution is 2.22. The fourth-order valence-corrected chi connectivity index (χ4v) is 7.34. The van der Waals surface area contributed by atoms with Gasteiger partial charge >= 0.3 is 5.97 Å². The Morgan fingerprint density at radius 1 is 0.603 bits per heavy atom. The highest BCUT2D eigenvalue weighted by Gasteiger charge is 2.44. The number of esters is 1. The zero-order valence-corrected chi connectivity index (χ0v) is 39.5. The van der Waals surface area contributed by atoms with E-state index in [9.17, 15) is 35.1 Å². The van der Waals surface area contributed by atoms with E-state index in [1.165, 1.54) is 64.2 Å². The molecule has 0 saturated carbocycles. The van der Waals surface area contributed by atoms with Crippen molar-refractivity contribution >= 4 is 11.9 Å². The largest absolute Gasteiger partial charge is 0.466 e. The molecule has 63 heavy (non-hydrogen) atoms. The Kier molecular flexibility index (Phi) is 38.9. The molecule has 1 rings (SSSR count). The summed E-state index contributed by atoms with van der Waals surface area (Å²) >= 11 is 0. The van der Waals surface area contributed by atoms with Crippen molar-refractivity contribution in [2.75, 3.05) is 19.8 Å². The van der Waals surface area contributed by atoms with Crippen molar-refractivity contribution < 1.29 is 49.3 Å². The maximum atomic E-state index is 12.9. The minimum absolute atomic E-state index is 0.0590. The predicted octanol–water partition coefficient (Wildman–Crippen LogP) is 9.94. The third kappa shape index (κ3) is 32.6. The van der Waals surface area contributed by atoms with Crippen LogP contribution in [0.5, 0.6) is 0 Å². The zero-order chi connectivity index (χ0) is 46.0. The second-order valence-electron chi connectivity index (χ2n) is 17.1. The van der Waals surface area contributed by atoms with Crippen molar-refractivity contribution in [2.24, 2.45) is 0 Å². The third-order valence-electron chi connectivity index (χ3n) is 11.4. The minimum Gasteiger partial charge on any atom is -0.466 e. The Balaban J connectivity index is 2.17. The van der Waals surface area contributed by atoms with Crippen molar-refractivity contribution in [3.8, 4) is 0 Å². The zero-order valence-electron chi connectivity index (χ0n) is 39.5. The molecule has 0 bridgehead atoms. The fraction of sp³-hybridized carbons (Fsp3) is 0.769. The molecule has 0 aromatic rings. The Bertz CT molecular complexity index is 1230. The van der Waals surface area contributed by atoms with Gasteiger partial charge in [-0.1, -0.05) is 132 Å². The van der Waals surface area contributed by atoms with Crippen molar-refractivity contribution in [2.45, 2.75) is 236 Å². The highest BCUT2D eigenvalue weighted by molar-refractivity contribution is 5.76. The first-order chi connectivity index (χ1) is 30.7. The van der Waals surface area contributed by atoms with E-state index >= 15 is 0 Å². The summed E-state index contributed by atoms with van der Waals surface area (Å²) in [5.41, 5.74) is 0. The molecule has 364 valence electrons. The van der Waals surface area contributed by atoms with Crippen LogP contribution in [-0.2, 0) is 23.8 Å². The van der Waals surface area contributed by atoms with Crippen LogP contribution in [0.4, 0.5) is 0 Å². The van der Waals surface area contributed by atoms with Crippen LogP contribution < -0.4 is 5.32 Å². The summed E-state index contributed by atoms with van der Waals surface area (Å²) < 4.78 is 16.6. The van der Waals surface area contributed by atoms with Gasteiger partial charge in [0.25, 0.3) is 0 Å². The Morgan fingerprint density at radius 3 is 1.67 bits per heavy atom. The van der Waals surface area contributed by atoms with Gasteiger partial charge in [0.05, 0.1) is 32.0 Å². The molecule has 6 N–H and O–H groups in total. The lowest BCUT2D eigenvalue weighted by Gasteiger charge is -2.40. The molecule has 0 aromatic heterocycles. The summed E-state index contributed by atoms with van der Waals surface area (Å²) in [6.45, 7) is 3.96. The summed E-state index contributed by atoms with van der Waals surface area (Å²) in [4.78, 5) is 25.0. The number of aliphatic hydroxyl groups is 5. The molecule has 1 amide bonds. The Labute approximate surface area is 382 Å². The van der Waals surface area contributed by atoms with E-state index < -0.39 is 49.5 Å². The van der Waals surface area contributed by atoms with Crippen LogP contribution in [0.15, 0.2) is 60.8 Å². The van der Waals surface area contributed by atoms with E-state index in [4.69, 9.17) is 14.2 Å². The molecular formula is C52H91NO10. The van der Waals surface area contributed by atoms with E-state index in [1.54, 1.807) is 6.08 Å². The number of ether oxygens (including phenoxy) is 3. The summed E-state index contributed by atoms with van der Waals surface area (Å²) in [7, 11) is 0. The summed E-state index contributed by atoms with van der Waals surface area (Å²) in [5, 5.41) is 54.0. The molecule has 1 saturated heterocycles. The van der Waals surface area contributed by atoms with Crippen molar-refractivity contribution in [1.82, 2.24) is 5.32 Å². The van der Waals surface area contributed by atoms with Crippen LogP contribution in [0.2, 0.25) is 0 Å². The first-order valence-corrected chi connectivity index (χ1v) is 25.0. The van der Waals surface area contributed by atoms with Gasteiger partial charge in [0.1, 0.15) is 24.4 Å². The van der Waals surface area contributed by atoms with E-state index in [0.717, 1.165) is 89.9 Å². The summed E-state index contributed by atoms with van der Waals surface area (Å²) in [6.07, 6.45) is 41.8. The second kappa shape index (κ2) is 42.0. The van der Waals surface area contributed by atoms with Gasteiger partial charge in [-0.25, -0.2) is 0 Å². The number of carbonyl (C=O) groups excluding carboxylic acids is 2. The molecule has 0 aromatic carbocycles. The van der Waals surface area contributed by atoms with Crippen LogP contribution in [0.3, 0.4) is 0 Å². The second-order valence-corrected chi connectivity index (χ2v) is 17.1. The molecule has 1 aliphatic heterocycles. The van der Waals surface area contributed by atoms with Gasteiger partial charge in [0.2, 0.25) is 5.91 Å². The van der Waals surface area contributed by atoms with Crippen LogP contribution in [0.25, 0.3) is 0 Å². The number of rotatable bonds is 41. The van der Waals surface area contributed by atoms with Crippen molar-refractivity contribution in [3.05, 3.63) is 60.8 Å². The van der Waals surface area contributed by atoms with Gasteiger partial charge in [0.15, 0.2) is 6.29 Å². The number of hydrogen-bond donors (Lipinski definition) is 6. The van der Waals surface area contributed by atoms with Gasteiger partial charge < -0.3 is 45.1 Å². The Hall–Kier alpha value is -2.64. The number of allylic oxidation sites excluding steroid dienone is 9. The first kappa shape index (κ1) is 58.4. The Morgan fingerprint density at radius 2 is 1.10 bits per heavy atom. The molecule has 11 heteroatoms. The van der Waals surface area contributed by atoms with E-state index in [2.05, 4.69) is 54.8 Å². The van der Waals surface area contributed by atoms with Crippen LogP contribution in [0.1, 0.15) is 194 Å². The predicted molar refractivity (Wildman–Crippen MR) is 255 cm³/mol. The molecule has 0 spiro atoms. The normalized spacial score (nSPS) is 20.5. The van der Waals surface area contributed by atoms with Crippen LogP contribution in [-0.4, -0.2) is 100 Å². The number of unbranched alkanes of at least 4 members (excludes halogenated alkanes) is 20. The van der Waals surface area contributed by atoms with Crippen LogP contribution in [0, 0.1) is 0 Å². The van der Waals surface area contributed by atoms with E-state index in [0.29, 0.717) is 32.3 Å². The van der Waals surface area contributed by atoms with Gasteiger partial charge in [-0.15, -0.1) is 0 Å². The van der Waals surface area contributed by atoms with E-state index in [1.807, 2.05) is 19.1 Å². The molecule has 1 heterocycles. The smallest absolute Gasteiger partial charge is 0.305 e. The molecule has 7 unspecified atom stereocenters. The van der Waals surface area contributed by atoms with Crippen molar-refractivity contribution in [1.29, 1.82) is 0 Å². The number of carbonyl (C=O) groups is 2. The molecular weight excluding hydrogens is 799 g/mol. The first-order valence-electron chi connectivity index (χ1n) is 25.0. The van der Waals surface area contributed by atoms with Gasteiger partial charge in [-0.05, 0) is 110 Å². The molecule has 11 nitrogen and oxygen atoms in total. The topological polar surface area (TPSA) is 175 Å². The highest BCUT2D eigenvalue weighted by atomic mass is 16.7. The number of amides is 1. The van der Waals surface area contributed by atoms with E-state index in [-0.39, 0.29) is 18.5 Å². The average molecular weight is 890 g/mol. The van der Waals surface area contributed by atoms with Gasteiger partial charge in [-0.3, -0.25) is 9.59 Å². The lowest BCUT2D eigenvalue weighted by molar-refractivity contribution is -0.302. The number of hydrogen-bond acceptors (Lipinski definition) is 10. The summed E-state index contributed by atoms with van der Waals surface area (Å²) in [6, 6.07) is -0.853. The fourth-order valence-electron chi connectivity index (χ4n) is 7.34. The lowest BCUT2D eigenvalue weighted by Crippen LogP contribution is -2.60. The maximum absolute atomic E-state index is 12.9. The lowest BCUT2D eigenvalue weighted by atomic mass is 9.99. The van der Waals surface area contributed by atoms with Gasteiger partial charge in [-0.2, -0.15) is 0 Å². The molecule has 0 aliphatic carbocycles. The van der Waals surface area contributed by atoms with Crippen molar-refractivity contribution in [3.63, 3.8) is 0 Å². The summed E-state index contributed by atoms with van der Waals surface area (Å²) in [5.74, 6) is -0.287. The quantitative estimate of drug-likeness (QED) is 0.0197. The SMILES string of the molecule is C/C=C/CC/C=C/CC/C=C/C(O)C(COC1OC(CO)C(O)C(O)C1O)NC(=O)CCCCCCC/C=C\CCCCCOC(=O)CCCCCCC/C=C\CCCCCCC. The number of nitrogens with one attached hydrogen (secondary N) is 1.